The lowest BCUT2D eigenvalue weighted by Gasteiger charge is -1.98. The third-order valence-corrected chi connectivity index (χ3v) is 2.57. The molecule has 1 fully saturated rings. The molecule has 3 heteroatoms. The Kier molecular flexibility index (Phi) is 2.36. The third-order valence-electron chi connectivity index (χ3n) is 2.57. The van der Waals surface area contributed by atoms with Crippen LogP contribution in [-0.2, 0) is 13.0 Å². The highest BCUT2D eigenvalue weighted by Crippen LogP contribution is 2.20. The first kappa shape index (κ1) is 8.75. The minimum absolute atomic E-state index is 0.737. The summed E-state index contributed by atoms with van der Waals surface area (Å²) in [6.45, 7) is 5.03. The lowest BCUT2D eigenvalue weighted by molar-refractivity contribution is 0.378. The SMILES string of the molecule is CCc1onc(CNC2CC2)c1C. The van der Waals surface area contributed by atoms with Crippen LogP contribution in [0.25, 0.3) is 0 Å². The van der Waals surface area contributed by atoms with Crippen molar-refractivity contribution in [2.45, 2.75) is 45.7 Å². The molecule has 1 saturated carbocycles. The van der Waals surface area contributed by atoms with Crippen molar-refractivity contribution in [3.05, 3.63) is 17.0 Å². The summed E-state index contributed by atoms with van der Waals surface area (Å²) in [4.78, 5) is 0. The molecule has 1 aromatic rings. The van der Waals surface area contributed by atoms with Crippen LogP contribution in [0.4, 0.5) is 0 Å². The third kappa shape index (κ3) is 1.91. The largest absolute Gasteiger partial charge is 0.361 e. The van der Waals surface area contributed by atoms with E-state index in [0.717, 1.165) is 30.5 Å². The van der Waals surface area contributed by atoms with Gasteiger partial charge in [0.1, 0.15) is 11.5 Å². The molecule has 1 N–H and O–H groups in total. The van der Waals surface area contributed by atoms with Gasteiger partial charge in [-0.25, -0.2) is 0 Å². The fourth-order valence-corrected chi connectivity index (χ4v) is 1.43. The summed E-state index contributed by atoms with van der Waals surface area (Å²) in [5.41, 5.74) is 2.29. The van der Waals surface area contributed by atoms with Crippen LogP contribution in [0.2, 0.25) is 0 Å². The summed E-state index contributed by atoms with van der Waals surface area (Å²) in [5, 5.41) is 7.48. The topological polar surface area (TPSA) is 38.1 Å². The fourth-order valence-electron chi connectivity index (χ4n) is 1.43. The Morgan fingerprint density at radius 3 is 2.85 bits per heavy atom. The monoisotopic (exact) mass is 180 g/mol. The number of hydrogen-bond acceptors (Lipinski definition) is 3. The van der Waals surface area contributed by atoms with Crippen LogP contribution >= 0.6 is 0 Å². The van der Waals surface area contributed by atoms with Crippen LogP contribution in [0, 0.1) is 6.92 Å². The first-order valence-corrected chi connectivity index (χ1v) is 4.98. The smallest absolute Gasteiger partial charge is 0.139 e. The minimum atomic E-state index is 0.737. The van der Waals surface area contributed by atoms with Crippen LogP contribution in [0.3, 0.4) is 0 Å². The van der Waals surface area contributed by atoms with Crippen molar-refractivity contribution in [3.8, 4) is 0 Å². The average molecular weight is 180 g/mol. The maximum atomic E-state index is 5.21. The van der Waals surface area contributed by atoms with Crippen molar-refractivity contribution in [2.75, 3.05) is 0 Å². The van der Waals surface area contributed by atoms with Crippen molar-refractivity contribution in [2.24, 2.45) is 0 Å². The van der Waals surface area contributed by atoms with Gasteiger partial charge in [-0.3, -0.25) is 0 Å². The first-order chi connectivity index (χ1) is 6.31. The van der Waals surface area contributed by atoms with Gasteiger partial charge in [-0.15, -0.1) is 0 Å². The van der Waals surface area contributed by atoms with Crippen LogP contribution in [-0.4, -0.2) is 11.2 Å². The molecular formula is C10H16N2O. The Bertz CT molecular complexity index is 289. The van der Waals surface area contributed by atoms with E-state index in [0.29, 0.717) is 0 Å². The summed E-state index contributed by atoms with van der Waals surface area (Å²) in [5.74, 6) is 1.02. The molecule has 0 unspecified atom stereocenters. The standard InChI is InChI=1S/C10H16N2O/c1-3-10-7(2)9(12-13-10)6-11-8-4-5-8/h8,11H,3-6H2,1-2H3. The van der Waals surface area contributed by atoms with Gasteiger partial charge in [0.25, 0.3) is 0 Å². The van der Waals surface area contributed by atoms with E-state index < -0.39 is 0 Å². The van der Waals surface area contributed by atoms with Crippen molar-refractivity contribution < 1.29 is 4.52 Å². The molecule has 13 heavy (non-hydrogen) atoms. The van der Waals surface area contributed by atoms with Gasteiger partial charge in [0, 0.05) is 24.6 Å². The molecular weight excluding hydrogens is 164 g/mol. The molecule has 3 nitrogen and oxygen atoms in total. The van der Waals surface area contributed by atoms with E-state index >= 15 is 0 Å². The Morgan fingerprint density at radius 1 is 1.54 bits per heavy atom. The molecule has 0 atom stereocenters. The van der Waals surface area contributed by atoms with E-state index in [-0.39, 0.29) is 0 Å². The van der Waals surface area contributed by atoms with E-state index in [1.165, 1.54) is 18.4 Å². The van der Waals surface area contributed by atoms with Crippen molar-refractivity contribution in [1.82, 2.24) is 10.5 Å². The van der Waals surface area contributed by atoms with Crippen LogP contribution in [0.5, 0.6) is 0 Å². The first-order valence-electron chi connectivity index (χ1n) is 4.98. The van der Waals surface area contributed by atoms with Gasteiger partial charge in [0.2, 0.25) is 0 Å². The zero-order chi connectivity index (χ0) is 9.26. The molecule has 0 amide bonds. The van der Waals surface area contributed by atoms with Crippen molar-refractivity contribution in [3.63, 3.8) is 0 Å². The van der Waals surface area contributed by atoms with E-state index in [2.05, 4.69) is 24.3 Å². The molecule has 0 bridgehead atoms. The van der Waals surface area contributed by atoms with Gasteiger partial charge in [0.15, 0.2) is 0 Å². The molecule has 0 saturated heterocycles. The zero-order valence-electron chi connectivity index (χ0n) is 8.26. The number of nitrogens with one attached hydrogen (secondary N) is 1. The highest BCUT2D eigenvalue weighted by molar-refractivity contribution is 5.20. The second-order valence-electron chi connectivity index (χ2n) is 3.69. The molecule has 1 heterocycles. The van der Waals surface area contributed by atoms with Gasteiger partial charge in [0.05, 0.1) is 0 Å². The molecule has 72 valence electrons. The van der Waals surface area contributed by atoms with E-state index in [4.69, 9.17) is 4.52 Å². The molecule has 0 aromatic carbocycles. The van der Waals surface area contributed by atoms with E-state index in [9.17, 15) is 0 Å². The Balaban J connectivity index is 1.97. The molecule has 1 aromatic heterocycles. The Hall–Kier alpha value is -0.830. The zero-order valence-corrected chi connectivity index (χ0v) is 8.26. The van der Waals surface area contributed by atoms with E-state index in [1.54, 1.807) is 0 Å². The lowest BCUT2D eigenvalue weighted by atomic mass is 10.2. The van der Waals surface area contributed by atoms with Gasteiger partial charge in [-0.2, -0.15) is 0 Å². The van der Waals surface area contributed by atoms with Gasteiger partial charge >= 0.3 is 0 Å². The number of aryl methyl sites for hydroxylation is 1. The van der Waals surface area contributed by atoms with Gasteiger partial charge in [-0.1, -0.05) is 12.1 Å². The second-order valence-corrected chi connectivity index (χ2v) is 3.69. The second kappa shape index (κ2) is 3.50. The quantitative estimate of drug-likeness (QED) is 0.767. The highest BCUT2D eigenvalue weighted by Gasteiger charge is 2.21. The average Bonchev–Trinajstić information content (AvgIpc) is 2.89. The van der Waals surface area contributed by atoms with E-state index in [1.807, 2.05) is 0 Å². The highest BCUT2D eigenvalue weighted by atomic mass is 16.5. The van der Waals surface area contributed by atoms with Crippen LogP contribution in [0.15, 0.2) is 4.52 Å². The lowest BCUT2D eigenvalue weighted by Crippen LogP contribution is -2.16. The number of aromatic nitrogens is 1. The van der Waals surface area contributed by atoms with Crippen molar-refractivity contribution >= 4 is 0 Å². The summed E-state index contributed by atoms with van der Waals surface area (Å²) in [6, 6.07) is 0.737. The molecule has 1 aliphatic rings. The number of hydrogen-bond donors (Lipinski definition) is 1. The predicted molar refractivity (Wildman–Crippen MR) is 50.5 cm³/mol. The number of rotatable bonds is 4. The molecule has 0 aliphatic heterocycles. The van der Waals surface area contributed by atoms with Gasteiger partial charge < -0.3 is 9.84 Å². The molecule has 2 rings (SSSR count). The Morgan fingerprint density at radius 2 is 2.31 bits per heavy atom. The van der Waals surface area contributed by atoms with Gasteiger partial charge in [-0.05, 0) is 19.8 Å². The molecule has 0 radical (unpaired) electrons. The maximum absolute atomic E-state index is 5.21. The molecule has 1 aliphatic carbocycles. The normalized spacial score (nSPS) is 16.5. The minimum Gasteiger partial charge on any atom is -0.361 e. The summed E-state index contributed by atoms with van der Waals surface area (Å²) in [6.07, 6.45) is 3.57. The van der Waals surface area contributed by atoms with Crippen LogP contribution < -0.4 is 5.32 Å². The summed E-state index contributed by atoms with van der Waals surface area (Å²) >= 11 is 0. The fraction of sp³-hybridized carbons (Fsp3) is 0.700. The molecule has 0 spiro atoms. The Labute approximate surface area is 78.5 Å². The maximum Gasteiger partial charge on any atom is 0.139 e. The van der Waals surface area contributed by atoms with Crippen LogP contribution in [0.1, 0.15) is 36.8 Å². The summed E-state index contributed by atoms with van der Waals surface area (Å²) in [7, 11) is 0. The predicted octanol–water partition coefficient (Wildman–Crippen LogP) is 1.80. The number of nitrogens with zero attached hydrogens (tertiary/aromatic N) is 1. The van der Waals surface area contributed by atoms with Crippen molar-refractivity contribution in [1.29, 1.82) is 0 Å². The summed E-state index contributed by atoms with van der Waals surface area (Å²) < 4.78 is 5.21.